The molecule has 4 rings (SSSR count). The number of carbonyl (C=O) groups excluding carboxylic acids is 1. The quantitative estimate of drug-likeness (QED) is 0.512. The molecule has 1 fully saturated rings. The minimum atomic E-state index is -0.287. The molecule has 30 heavy (non-hydrogen) atoms. The van der Waals surface area contributed by atoms with Gasteiger partial charge in [0.05, 0.1) is 17.6 Å². The van der Waals surface area contributed by atoms with Crippen molar-refractivity contribution >= 4 is 17.3 Å². The molecule has 3 heterocycles. The van der Waals surface area contributed by atoms with Gasteiger partial charge in [0.25, 0.3) is 0 Å². The molecule has 0 spiro atoms. The summed E-state index contributed by atoms with van der Waals surface area (Å²) in [5.41, 5.74) is 1.75. The van der Waals surface area contributed by atoms with Gasteiger partial charge in [-0.15, -0.1) is 11.3 Å². The zero-order valence-corrected chi connectivity index (χ0v) is 17.9. The molecule has 1 aliphatic rings. The largest absolute Gasteiger partial charge is 0.465 e. The number of benzene rings is 1. The first-order valence-corrected chi connectivity index (χ1v) is 11.1. The molecule has 0 atom stereocenters. The van der Waals surface area contributed by atoms with Crippen LogP contribution in [0.1, 0.15) is 28.2 Å². The Hall–Kier alpha value is -2.55. The van der Waals surface area contributed by atoms with Gasteiger partial charge in [-0.2, -0.15) is 4.98 Å². The lowest BCUT2D eigenvalue weighted by Crippen LogP contribution is -2.46. The summed E-state index contributed by atoms with van der Waals surface area (Å²) in [6.45, 7) is 6.01. The van der Waals surface area contributed by atoms with Crippen molar-refractivity contribution in [3.8, 4) is 10.7 Å². The second kappa shape index (κ2) is 9.97. The highest BCUT2D eigenvalue weighted by Crippen LogP contribution is 2.21. The average Bonchev–Trinajstić information content (AvgIpc) is 3.47. The van der Waals surface area contributed by atoms with E-state index in [4.69, 9.17) is 9.26 Å². The number of ether oxygens (including phenoxy) is 1. The van der Waals surface area contributed by atoms with E-state index in [1.54, 1.807) is 17.4 Å². The summed E-state index contributed by atoms with van der Waals surface area (Å²) in [6, 6.07) is 11.7. The maximum absolute atomic E-state index is 11.7. The molecular formula is C22H26N4O3S. The van der Waals surface area contributed by atoms with Crippen LogP contribution in [0, 0.1) is 0 Å². The van der Waals surface area contributed by atoms with Gasteiger partial charge in [-0.05, 0) is 42.1 Å². The van der Waals surface area contributed by atoms with E-state index < -0.39 is 0 Å². The third kappa shape index (κ3) is 5.33. The van der Waals surface area contributed by atoms with Crippen molar-refractivity contribution in [2.75, 3.05) is 39.8 Å². The smallest absolute Gasteiger partial charge is 0.337 e. The first-order valence-electron chi connectivity index (χ1n) is 10.2. The summed E-state index contributed by atoms with van der Waals surface area (Å²) >= 11 is 1.62. The minimum absolute atomic E-state index is 0.287. The van der Waals surface area contributed by atoms with Gasteiger partial charge in [-0.25, -0.2) is 4.79 Å². The van der Waals surface area contributed by atoms with Gasteiger partial charge in [0.2, 0.25) is 11.7 Å². The van der Waals surface area contributed by atoms with Gasteiger partial charge in [-0.1, -0.05) is 23.4 Å². The number of methoxy groups -OCH3 is 1. The summed E-state index contributed by atoms with van der Waals surface area (Å²) in [4.78, 5) is 22.2. The molecule has 1 saturated heterocycles. The zero-order chi connectivity index (χ0) is 20.8. The van der Waals surface area contributed by atoms with E-state index >= 15 is 0 Å². The number of thiophene rings is 1. The Labute approximate surface area is 180 Å². The molecule has 0 unspecified atom stereocenters. The predicted molar refractivity (Wildman–Crippen MR) is 115 cm³/mol. The molecule has 7 nitrogen and oxygen atoms in total. The first-order chi connectivity index (χ1) is 14.7. The van der Waals surface area contributed by atoms with E-state index in [9.17, 15) is 4.79 Å². The van der Waals surface area contributed by atoms with Crippen LogP contribution < -0.4 is 0 Å². The Kier molecular flexibility index (Phi) is 6.88. The van der Waals surface area contributed by atoms with E-state index in [0.717, 1.165) is 62.6 Å². The molecule has 0 saturated carbocycles. The van der Waals surface area contributed by atoms with E-state index in [2.05, 4.69) is 26.0 Å². The number of rotatable bonds is 8. The van der Waals surface area contributed by atoms with Crippen LogP contribution in [0.15, 0.2) is 46.3 Å². The SMILES string of the molecule is COC(=O)c1cccc(CN2CCN(CCCc3nc(-c4cccs4)no3)CC2)c1. The first kappa shape index (κ1) is 20.7. The van der Waals surface area contributed by atoms with Gasteiger partial charge in [-0.3, -0.25) is 4.90 Å². The average molecular weight is 427 g/mol. The van der Waals surface area contributed by atoms with Crippen LogP contribution in [-0.4, -0.2) is 65.7 Å². The molecule has 1 aliphatic heterocycles. The molecule has 2 aromatic heterocycles. The second-order valence-electron chi connectivity index (χ2n) is 7.40. The molecule has 1 aromatic carbocycles. The number of nitrogens with zero attached hydrogens (tertiary/aromatic N) is 4. The summed E-state index contributed by atoms with van der Waals surface area (Å²) in [6.07, 6.45) is 1.81. The van der Waals surface area contributed by atoms with Crippen molar-refractivity contribution in [1.82, 2.24) is 19.9 Å². The summed E-state index contributed by atoms with van der Waals surface area (Å²) < 4.78 is 10.2. The Bertz CT molecular complexity index is 949. The molecule has 0 amide bonds. The van der Waals surface area contributed by atoms with Gasteiger partial charge in [0, 0.05) is 39.1 Å². The Morgan fingerprint density at radius 2 is 2.00 bits per heavy atom. The highest BCUT2D eigenvalue weighted by molar-refractivity contribution is 7.13. The van der Waals surface area contributed by atoms with E-state index in [0.29, 0.717) is 17.3 Å². The summed E-state index contributed by atoms with van der Waals surface area (Å²) in [5.74, 6) is 1.11. The van der Waals surface area contributed by atoms with Crippen LogP contribution in [0.25, 0.3) is 10.7 Å². The van der Waals surface area contributed by atoms with Gasteiger partial charge < -0.3 is 14.2 Å². The predicted octanol–water partition coefficient (Wildman–Crippen LogP) is 3.34. The fraction of sp³-hybridized carbons (Fsp3) is 0.409. The highest BCUT2D eigenvalue weighted by Gasteiger charge is 2.18. The van der Waals surface area contributed by atoms with Gasteiger partial charge in [0.1, 0.15) is 0 Å². The molecule has 0 N–H and O–H groups in total. The van der Waals surface area contributed by atoms with Gasteiger partial charge >= 0.3 is 5.97 Å². The van der Waals surface area contributed by atoms with Crippen LogP contribution >= 0.6 is 11.3 Å². The van der Waals surface area contributed by atoms with Crippen molar-refractivity contribution in [3.63, 3.8) is 0 Å². The van der Waals surface area contributed by atoms with Crippen LogP contribution in [0.5, 0.6) is 0 Å². The van der Waals surface area contributed by atoms with Crippen LogP contribution in [0.4, 0.5) is 0 Å². The number of piperazine rings is 1. The van der Waals surface area contributed by atoms with E-state index in [1.807, 2.05) is 29.6 Å². The fourth-order valence-electron chi connectivity index (χ4n) is 3.66. The van der Waals surface area contributed by atoms with E-state index in [-0.39, 0.29) is 5.97 Å². The van der Waals surface area contributed by atoms with Crippen molar-refractivity contribution in [2.24, 2.45) is 0 Å². The van der Waals surface area contributed by atoms with E-state index in [1.165, 1.54) is 7.11 Å². The number of hydrogen-bond donors (Lipinski definition) is 0. The van der Waals surface area contributed by atoms with Gasteiger partial charge in [0.15, 0.2) is 0 Å². The molecule has 0 radical (unpaired) electrons. The number of aromatic nitrogens is 2. The monoisotopic (exact) mass is 426 g/mol. The van der Waals surface area contributed by atoms with Crippen molar-refractivity contribution in [3.05, 3.63) is 58.8 Å². The molecule has 0 bridgehead atoms. The third-order valence-electron chi connectivity index (χ3n) is 5.29. The minimum Gasteiger partial charge on any atom is -0.465 e. The number of aryl methyl sites for hydroxylation is 1. The van der Waals surface area contributed by atoms with Crippen LogP contribution in [-0.2, 0) is 17.7 Å². The van der Waals surface area contributed by atoms with Crippen molar-refractivity contribution in [1.29, 1.82) is 0 Å². The highest BCUT2D eigenvalue weighted by atomic mass is 32.1. The molecule has 3 aromatic rings. The lowest BCUT2D eigenvalue weighted by molar-refractivity contribution is 0.0600. The second-order valence-corrected chi connectivity index (χ2v) is 8.35. The normalized spacial score (nSPS) is 15.4. The standard InChI is InChI=1S/C22H26N4O3S/c1-28-22(27)18-6-2-5-17(15-18)16-26-12-10-25(11-13-26)9-3-8-20-23-21(24-29-20)19-7-4-14-30-19/h2,4-7,14-15H,3,8-13,16H2,1H3. The Morgan fingerprint density at radius 3 is 2.77 bits per heavy atom. The van der Waals surface area contributed by atoms with Crippen LogP contribution in [0.3, 0.4) is 0 Å². The summed E-state index contributed by atoms with van der Waals surface area (Å²) in [5, 5.41) is 6.09. The lowest BCUT2D eigenvalue weighted by atomic mass is 10.1. The third-order valence-corrected chi connectivity index (χ3v) is 6.16. The topological polar surface area (TPSA) is 71.7 Å². The fourth-order valence-corrected chi connectivity index (χ4v) is 4.31. The lowest BCUT2D eigenvalue weighted by Gasteiger charge is -2.34. The molecular weight excluding hydrogens is 400 g/mol. The molecule has 8 heteroatoms. The number of carbonyl (C=O) groups is 1. The number of hydrogen-bond acceptors (Lipinski definition) is 8. The molecule has 158 valence electrons. The Morgan fingerprint density at radius 1 is 1.17 bits per heavy atom. The number of esters is 1. The Balaban J connectivity index is 1.18. The summed E-state index contributed by atoms with van der Waals surface area (Å²) in [7, 11) is 1.41. The van der Waals surface area contributed by atoms with Crippen LogP contribution in [0.2, 0.25) is 0 Å². The maximum atomic E-state index is 11.7. The van der Waals surface area contributed by atoms with Crippen molar-refractivity contribution < 1.29 is 14.1 Å². The zero-order valence-electron chi connectivity index (χ0n) is 17.1. The van der Waals surface area contributed by atoms with Crippen molar-refractivity contribution in [2.45, 2.75) is 19.4 Å². The maximum Gasteiger partial charge on any atom is 0.337 e. The molecule has 0 aliphatic carbocycles.